The highest BCUT2D eigenvalue weighted by molar-refractivity contribution is 7.99. The first-order chi connectivity index (χ1) is 11.6. The molecule has 0 bridgehead atoms. The van der Waals surface area contributed by atoms with Crippen molar-refractivity contribution >= 4 is 23.5 Å². The van der Waals surface area contributed by atoms with Crippen LogP contribution < -0.4 is 5.73 Å². The molecule has 4 N–H and O–H groups in total. The first-order valence-corrected chi connectivity index (χ1v) is 9.76. The monoisotopic (exact) mass is 363 g/mol. The Bertz CT molecular complexity index is 741. The average molecular weight is 363 g/mol. The predicted octanol–water partition coefficient (Wildman–Crippen LogP) is 2.21. The van der Waals surface area contributed by atoms with E-state index in [0.717, 1.165) is 40.9 Å². The van der Waals surface area contributed by atoms with Crippen LogP contribution in [0.2, 0.25) is 0 Å². The van der Waals surface area contributed by atoms with E-state index < -0.39 is 23.0 Å². The van der Waals surface area contributed by atoms with Crippen LogP contribution in [-0.4, -0.2) is 45.1 Å². The van der Waals surface area contributed by atoms with Crippen molar-refractivity contribution in [2.24, 2.45) is 11.1 Å². The number of carboxylic acids is 1. The number of hydrogen-bond acceptors (Lipinski definition) is 5. The molecule has 0 saturated heterocycles. The van der Waals surface area contributed by atoms with Gasteiger partial charge in [0.1, 0.15) is 11.6 Å². The van der Waals surface area contributed by atoms with E-state index in [4.69, 9.17) is 10.8 Å². The summed E-state index contributed by atoms with van der Waals surface area (Å²) in [5.74, 6) is 0.229. The zero-order valence-corrected chi connectivity index (χ0v) is 15.7. The van der Waals surface area contributed by atoms with Crippen LogP contribution in [0.1, 0.15) is 40.0 Å². The number of aliphatic carboxylic acids is 1. The van der Waals surface area contributed by atoms with Gasteiger partial charge in [-0.3, -0.25) is 9.59 Å². The second-order valence-corrected chi connectivity index (χ2v) is 8.59. The van der Waals surface area contributed by atoms with Gasteiger partial charge in [0.15, 0.2) is 5.78 Å². The zero-order chi connectivity index (χ0) is 18.6. The van der Waals surface area contributed by atoms with E-state index in [1.807, 2.05) is 19.9 Å². The number of carboxylic acid groups (broad SMARTS) is 1. The minimum Gasteiger partial charge on any atom is -0.480 e. The molecule has 1 fully saturated rings. The Morgan fingerprint density at radius 3 is 2.60 bits per heavy atom. The summed E-state index contributed by atoms with van der Waals surface area (Å²) in [6, 6.07) is -0.832. The lowest BCUT2D eigenvalue weighted by molar-refractivity contribution is -0.138. The molecule has 25 heavy (non-hydrogen) atoms. The number of allylic oxidation sites excluding steroid dienone is 3. The van der Waals surface area contributed by atoms with Gasteiger partial charge < -0.3 is 15.9 Å². The van der Waals surface area contributed by atoms with Crippen LogP contribution in [0.3, 0.4) is 0 Å². The van der Waals surface area contributed by atoms with Crippen LogP contribution in [0.5, 0.6) is 0 Å². The molecule has 6 heteroatoms. The number of ketones is 1. The van der Waals surface area contributed by atoms with E-state index in [0.29, 0.717) is 17.7 Å². The minimum atomic E-state index is -1.32. The summed E-state index contributed by atoms with van der Waals surface area (Å²) in [6.45, 7) is 5.69. The number of fused-ring (bicyclic) bond motifs is 1. The number of carbonyl (C=O) groups excluding carboxylic acids is 1. The summed E-state index contributed by atoms with van der Waals surface area (Å²) in [7, 11) is 0. The number of nitrogens with two attached hydrogens (primary N) is 1. The maximum atomic E-state index is 12.8. The molecule has 3 aliphatic rings. The Kier molecular flexibility index (Phi) is 4.50. The second-order valence-electron chi connectivity index (χ2n) is 7.49. The van der Waals surface area contributed by atoms with Gasteiger partial charge in [0, 0.05) is 16.7 Å². The quantitative estimate of drug-likeness (QED) is 0.626. The maximum Gasteiger partial charge on any atom is 0.320 e. The van der Waals surface area contributed by atoms with Crippen LogP contribution in [-0.2, 0) is 9.59 Å². The normalized spacial score (nSPS) is 28.4. The Morgan fingerprint density at radius 1 is 1.40 bits per heavy atom. The van der Waals surface area contributed by atoms with Crippen molar-refractivity contribution in [3.63, 3.8) is 0 Å². The van der Waals surface area contributed by atoms with Crippen LogP contribution in [0.15, 0.2) is 33.9 Å². The smallest absolute Gasteiger partial charge is 0.320 e. The zero-order valence-electron chi connectivity index (χ0n) is 14.9. The number of hydrogen-bond donors (Lipinski definition) is 3. The molecule has 0 aliphatic heterocycles. The van der Waals surface area contributed by atoms with E-state index in [9.17, 15) is 14.7 Å². The fourth-order valence-corrected chi connectivity index (χ4v) is 5.25. The summed E-state index contributed by atoms with van der Waals surface area (Å²) in [4.78, 5) is 23.6. The molecule has 1 unspecified atom stereocenters. The lowest BCUT2D eigenvalue weighted by Crippen LogP contribution is -2.49. The Hall–Kier alpha value is -1.37. The van der Waals surface area contributed by atoms with Gasteiger partial charge in [0.25, 0.3) is 0 Å². The average Bonchev–Trinajstić information content (AvgIpc) is 3.29. The van der Waals surface area contributed by atoms with Gasteiger partial charge in [0.2, 0.25) is 0 Å². The number of carbonyl (C=O) groups is 2. The summed E-state index contributed by atoms with van der Waals surface area (Å²) < 4.78 is 0. The van der Waals surface area contributed by atoms with Crippen LogP contribution in [0, 0.1) is 5.41 Å². The van der Waals surface area contributed by atoms with Gasteiger partial charge in [-0.15, -0.1) is 0 Å². The molecule has 1 spiro atoms. The van der Waals surface area contributed by atoms with Gasteiger partial charge in [-0.05, 0) is 68.6 Å². The van der Waals surface area contributed by atoms with Gasteiger partial charge in [-0.1, -0.05) is 5.57 Å². The molecule has 3 aliphatic carbocycles. The Labute approximate surface area is 152 Å². The van der Waals surface area contributed by atoms with Crippen LogP contribution >= 0.6 is 11.8 Å². The number of Topliss-reactive ketones (excluding diaryl/α,β-unsaturated/α-hetero) is 1. The summed E-state index contributed by atoms with van der Waals surface area (Å²) >= 11 is 1.64. The first kappa shape index (κ1) is 18.4. The van der Waals surface area contributed by atoms with E-state index >= 15 is 0 Å². The molecule has 3 rings (SSSR count). The first-order valence-electron chi connectivity index (χ1n) is 8.60. The number of rotatable bonds is 6. The highest BCUT2D eigenvalue weighted by atomic mass is 32.2. The van der Waals surface area contributed by atoms with E-state index in [1.165, 1.54) is 0 Å². The molecule has 136 valence electrons. The Morgan fingerprint density at radius 2 is 2.04 bits per heavy atom. The molecule has 1 saturated carbocycles. The van der Waals surface area contributed by atoms with Crippen LogP contribution in [0.25, 0.3) is 0 Å². The number of thioether (sulfide) groups is 1. The van der Waals surface area contributed by atoms with Gasteiger partial charge in [0.05, 0.1) is 0 Å². The molecule has 2 atom stereocenters. The fraction of sp³-hybridized carbons (Fsp3) is 0.579. The minimum absolute atomic E-state index is 0.169. The molecule has 0 radical (unpaired) electrons. The van der Waals surface area contributed by atoms with E-state index in [-0.39, 0.29) is 5.78 Å². The van der Waals surface area contributed by atoms with Gasteiger partial charge in [-0.25, -0.2) is 0 Å². The Balaban J connectivity index is 1.79. The predicted molar refractivity (Wildman–Crippen MR) is 98.3 cm³/mol. The lowest BCUT2D eigenvalue weighted by Gasteiger charge is -2.39. The van der Waals surface area contributed by atoms with Crippen molar-refractivity contribution in [1.82, 2.24) is 0 Å². The second kappa shape index (κ2) is 6.11. The van der Waals surface area contributed by atoms with E-state index in [2.05, 4.69) is 0 Å². The summed E-state index contributed by atoms with van der Waals surface area (Å²) in [5.41, 5.74) is 8.79. The van der Waals surface area contributed by atoms with Crippen molar-refractivity contribution in [2.45, 2.75) is 51.7 Å². The van der Waals surface area contributed by atoms with E-state index in [1.54, 1.807) is 18.7 Å². The number of aliphatic hydroxyl groups is 1. The molecule has 0 aromatic heterocycles. The lowest BCUT2D eigenvalue weighted by atomic mass is 9.67. The topological polar surface area (TPSA) is 101 Å². The molecule has 0 amide bonds. The van der Waals surface area contributed by atoms with Gasteiger partial charge in [-0.2, -0.15) is 11.8 Å². The van der Waals surface area contributed by atoms with Crippen molar-refractivity contribution in [1.29, 1.82) is 0 Å². The standard InChI is InChI=1S/C19H25NO4S/c1-10-8-12-15(13(10)9-25-7-4-14(20)17(22)23)11(2)19(5-6-19)18(3,24)16(12)21/h8,14,24H,4-7,9,20H2,1-3H3,(H,22,23)/t14?,18-/m0/s1. The van der Waals surface area contributed by atoms with Crippen molar-refractivity contribution in [2.75, 3.05) is 11.5 Å². The van der Waals surface area contributed by atoms with Crippen molar-refractivity contribution in [3.8, 4) is 0 Å². The summed E-state index contributed by atoms with van der Waals surface area (Å²) in [6.07, 6.45) is 4.01. The molecule has 0 heterocycles. The molecule has 0 aromatic carbocycles. The third-order valence-electron chi connectivity index (χ3n) is 6.01. The molecule has 0 aromatic rings. The molecular weight excluding hydrogens is 338 g/mol. The maximum absolute atomic E-state index is 12.8. The SMILES string of the molecule is CC1=C(CSCCC(N)C(=O)O)C2=C(C)C3(CC3)[C@@](C)(O)C(=O)C2=C1. The third-order valence-corrected chi connectivity index (χ3v) is 7.02. The summed E-state index contributed by atoms with van der Waals surface area (Å²) in [5, 5.41) is 19.7. The highest BCUT2D eigenvalue weighted by Crippen LogP contribution is 2.65. The molecule has 5 nitrogen and oxygen atoms in total. The largest absolute Gasteiger partial charge is 0.480 e. The van der Waals surface area contributed by atoms with Crippen molar-refractivity contribution in [3.05, 3.63) is 33.9 Å². The fourth-order valence-electron chi connectivity index (χ4n) is 4.11. The third kappa shape index (κ3) is 2.71. The van der Waals surface area contributed by atoms with Crippen LogP contribution in [0.4, 0.5) is 0 Å². The highest BCUT2D eigenvalue weighted by Gasteiger charge is 2.64. The van der Waals surface area contributed by atoms with Crippen molar-refractivity contribution < 1.29 is 19.8 Å². The van der Waals surface area contributed by atoms with Gasteiger partial charge >= 0.3 is 5.97 Å². The molecular formula is C19H25NO4S.